The zero-order valence-electron chi connectivity index (χ0n) is 13.5. The number of nitrogens with zero attached hydrogens (tertiary/aromatic N) is 3. The van der Waals surface area contributed by atoms with Gasteiger partial charge >= 0.3 is 0 Å². The van der Waals surface area contributed by atoms with Gasteiger partial charge in [-0.05, 0) is 12.5 Å². The van der Waals surface area contributed by atoms with E-state index in [-0.39, 0.29) is 18.1 Å². The number of imidazole rings is 1. The molecule has 6 heteroatoms. The molecule has 4 rings (SSSR count). The number of ether oxygens (including phenoxy) is 1. The number of benzene rings is 1. The van der Waals surface area contributed by atoms with E-state index in [1.54, 1.807) is 11.3 Å². The van der Waals surface area contributed by atoms with Gasteiger partial charge in [0.05, 0.1) is 24.8 Å². The molecule has 1 saturated heterocycles. The average Bonchev–Trinajstić information content (AvgIpc) is 3.16. The summed E-state index contributed by atoms with van der Waals surface area (Å²) in [5.41, 5.74) is 1.94. The van der Waals surface area contributed by atoms with Crippen molar-refractivity contribution in [2.75, 3.05) is 13.1 Å². The fraction of sp³-hybridized carbons (Fsp3) is 0.333. The molecule has 0 aliphatic carbocycles. The maximum Gasteiger partial charge on any atom is 0.228 e. The van der Waals surface area contributed by atoms with Crippen molar-refractivity contribution in [3.8, 4) is 0 Å². The number of thiazole rings is 1. The van der Waals surface area contributed by atoms with E-state index < -0.39 is 0 Å². The van der Waals surface area contributed by atoms with Crippen molar-refractivity contribution >= 4 is 22.2 Å². The summed E-state index contributed by atoms with van der Waals surface area (Å²) in [5.74, 6) is 0.108. The van der Waals surface area contributed by atoms with Gasteiger partial charge in [0.1, 0.15) is 6.10 Å². The lowest BCUT2D eigenvalue weighted by Crippen LogP contribution is -2.46. The number of aromatic nitrogens is 2. The maximum atomic E-state index is 12.7. The molecule has 1 fully saturated rings. The zero-order valence-corrected chi connectivity index (χ0v) is 14.3. The highest BCUT2D eigenvalue weighted by Crippen LogP contribution is 2.25. The number of amides is 1. The molecule has 0 spiro atoms. The van der Waals surface area contributed by atoms with Gasteiger partial charge in [0, 0.05) is 24.3 Å². The molecule has 3 aromatic rings. The Morgan fingerprint density at radius 3 is 2.96 bits per heavy atom. The normalized spacial score (nSPS) is 21.3. The van der Waals surface area contributed by atoms with Crippen molar-refractivity contribution in [1.82, 2.24) is 14.3 Å². The third-order valence-corrected chi connectivity index (χ3v) is 5.03. The lowest BCUT2D eigenvalue weighted by Gasteiger charge is -2.37. The topological polar surface area (TPSA) is 46.8 Å². The van der Waals surface area contributed by atoms with Crippen LogP contribution < -0.4 is 0 Å². The van der Waals surface area contributed by atoms with E-state index in [0.717, 1.165) is 16.2 Å². The van der Waals surface area contributed by atoms with Crippen molar-refractivity contribution in [2.24, 2.45) is 0 Å². The Labute approximate surface area is 144 Å². The fourth-order valence-corrected chi connectivity index (χ4v) is 3.85. The van der Waals surface area contributed by atoms with Crippen LogP contribution in [0, 0.1) is 0 Å². The maximum absolute atomic E-state index is 12.7. The number of hydrogen-bond acceptors (Lipinski definition) is 4. The molecule has 0 unspecified atom stereocenters. The lowest BCUT2D eigenvalue weighted by molar-refractivity contribution is -0.144. The molecule has 0 N–H and O–H groups in total. The summed E-state index contributed by atoms with van der Waals surface area (Å²) in [4.78, 5) is 20.0. The molecule has 0 bridgehead atoms. The van der Waals surface area contributed by atoms with E-state index in [2.05, 4.69) is 17.1 Å². The average molecular weight is 341 g/mol. The summed E-state index contributed by atoms with van der Waals surface area (Å²) in [5, 5.41) is 1.99. The predicted octanol–water partition coefficient (Wildman–Crippen LogP) is 2.93. The van der Waals surface area contributed by atoms with Gasteiger partial charge in [0.2, 0.25) is 5.91 Å². The van der Waals surface area contributed by atoms with E-state index >= 15 is 0 Å². The summed E-state index contributed by atoms with van der Waals surface area (Å²) >= 11 is 1.58. The first kappa shape index (κ1) is 15.4. The predicted molar refractivity (Wildman–Crippen MR) is 93.1 cm³/mol. The number of carbonyl (C=O) groups excluding carboxylic acids is 1. The number of morpholine rings is 1. The van der Waals surface area contributed by atoms with Gasteiger partial charge < -0.3 is 9.64 Å². The first-order valence-corrected chi connectivity index (χ1v) is 8.96. The molecule has 3 heterocycles. The summed E-state index contributed by atoms with van der Waals surface area (Å²) in [6, 6.07) is 10.1. The first-order valence-electron chi connectivity index (χ1n) is 8.08. The molecule has 5 nitrogen and oxygen atoms in total. The summed E-state index contributed by atoms with van der Waals surface area (Å²) in [7, 11) is 0. The number of fused-ring (bicyclic) bond motifs is 1. The largest absolute Gasteiger partial charge is 0.367 e. The number of rotatable bonds is 3. The minimum atomic E-state index is -0.0654. The van der Waals surface area contributed by atoms with Gasteiger partial charge in [-0.3, -0.25) is 9.20 Å². The van der Waals surface area contributed by atoms with Crippen molar-refractivity contribution in [2.45, 2.75) is 25.6 Å². The fourth-order valence-electron chi connectivity index (χ4n) is 3.13. The molecule has 124 valence electrons. The minimum Gasteiger partial charge on any atom is -0.367 e. The Balaban J connectivity index is 1.47. The van der Waals surface area contributed by atoms with Crippen LogP contribution in [0.3, 0.4) is 0 Å². The van der Waals surface area contributed by atoms with Crippen molar-refractivity contribution < 1.29 is 9.53 Å². The Morgan fingerprint density at radius 1 is 1.33 bits per heavy atom. The van der Waals surface area contributed by atoms with Crippen LogP contribution in [0.2, 0.25) is 0 Å². The Morgan fingerprint density at radius 2 is 2.17 bits per heavy atom. The molecule has 24 heavy (non-hydrogen) atoms. The van der Waals surface area contributed by atoms with Gasteiger partial charge in [-0.2, -0.15) is 0 Å². The van der Waals surface area contributed by atoms with E-state index in [9.17, 15) is 4.79 Å². The summed E-state index contributed by atoms with van der Waals surface area (Å²) in [6.45, 7) is 3.24. The molecular formula is C18H19N3O2S. The van der Waals surface area contributed by atoms with Gasteiger partial charge in [-0.15, -0.1) is 11.3 Å². The lowest BCUT2D eigenvalue weighted by atomic mass is 10.1. The molecular weight excluding hydrogens is 322 g/mol. The van der Waals surface area contributed by atoms with Gasteiger partial charge in [-0.1, -0.05) is 30.3 Å². The van der Waals surface area contributed by atoms with Crippen LogP contribution in [0.5, 0.6) is 0 Å². The van der Waals surface area contributed by atoms with Gasteiger partial charge in [-0.25, -0.2) is 4.98 Å². The van der Waals surface area contributed by atoms with E-state index in [1.165, 1.54) is 0 Å². The Hall–Kier alpha value is -2.18. The highest BCUT2D eigenvalue weighted by Gasteiger charge is 2.29. The molecule has 1 aliphatic heterocycles. The van der Waals surface area contributed by atoms with Crippen molar-refractivity contribution in [3.63, 3.8) is 0 Å². The summed E-state index contributed by atoms with van der Waals surface area (Å²) < 4.78 is 7.99. The second kappa shape index (κ2) is 6.37. The van der Waals surface area contributed by atoms with Crippen LogP contribution in [0.15, 0.2) is 48.1 Å². The molecule has 2 aromatic heterocycles. The highest BCUT2D eigenvalue weighted by atomic mass is 32.1. The number of carbonyl (C=O) groups is 1. The first-order chi connectivity index (χ1) is 11.7. The quantitative estimate of drug-likeness (QED) is 0.736. The second-order valence-electron chi connectivity index (χ2n) is 6.15. The van der Waals surface area contributed by atoms with Crippen molar-refractivity contribution in [1.29, 1.82) is 0 Å². The van der Waals surface area contributed by atoms with Crippen molar-refractivity contribution in [3.05, 3.63) is 59.4 Å². The SMILES string of the molecule is C[C@H]1CN(C(=O)Cc2cn3ccsc3n2)C[C@H](c2ccccc2)O1. The van der Waals surface area contributed by atoms with Crippen LogP contribution in [0.25, 0.3) is 4.96 Å². The van der Waals surface area contributed by atoms with Gasteiger partial charge in [0.15, 0.2) is 4.96 Å². The van der Waals surface area contributed by atoms with E-state index in [0.29, 0.717) is 19.5 Å². The third-order valence-electron chi connectivity index (χ3n) is 4.26. The zero-order chi connectivity index (χ0) is 16.5. The monoisotopic (exact) mass is 341 g/mol. The van der Waals surface area contributed by atoms with Crippen LogP contribution in [-0.2, 0) is 16.0 Å². The third kappa shape index (κ3) is 3.07. The van der Waals surface area contributed by atoms with Crippen LogP contribution in [0.4, 0.5) is 0 Å². The highest BCUT2D eigenvalue weighted by molar-refractivity contribution is 7.15. The van der Waals surface area contributed by atoms with E-state index in [4.69, 9.17) is 4.74 Å². The van der Waals surface area contributed by atoms with Crippen LogP contribution >= 0.6 is 11.3 Å². The second-order valence-corrected chi connectivity index (χ2v) is 7.02. The molecule has 1 aromatic carbocycles. The van der Waals surface area contributed by atoms with Crippen LogP contribution in [-0.4, -0.2) is 39.4 Å². The Kier molecular flexibility index (Phi) is 4.08. The smallest absolute Gasteiger partial charge is 0.228 e. The molecule has 0 saturated carbocycles. The molecule has 0 radical (unpaired) electrons. The minimum absolute atomic E-state index is 0.0263. The standard InChI is InChI=1S/C18H19N3O2S/c1-13-10-21(12-16(23-13)14-5-3-2-4-6-14)17(22)9-15-11-20-7-8-24-18(20)19-15/h2-8,11,13,16H,9-10,12H2,1H3/t13-,16+/m0/s1. The molecule has 1 amide bonds. The molecule has 1 aliphatic rings. The van der Waals surface area contributed by atoms with E-state index in [1.807, 2.05) is 52.2 Å². The Bertz CT molecular complexity index is 814. The van der Waals surface area contributed by atoms with Gasteiger partial charge in [0.25, 0.3) is 0 Å². The summed E-state index contributed by atoms with van der Waals surface area (Å²) in [6.07, 6.45) is 4.19. The molecule has 2 atom stereocenters. The van der Waals surface area contributed by atoms with Crippen LogP contribution in [0.1, 0.15) is 24.3 Å². The number of hydrogen-bond donors (Lipinski definition) is 0.